The van der Waals surface area contributed by atoms with Gasteiger partial charge < -0.3 is 19.9 Å². The Bertz CT molecular complexity index is 2360. The van der Waals surface area contributed by atoms with E-state index in [2.05, 4.69) is 46.4 Å². The number of pyridine rings is 1. The largest absolute Gasteiger partial charge is 0.481 e. The summed E-state index contributed by atoms with van der Waals surface area (Å²) in [6, 6.07) is 20.2. The van der Waals surface area contributed by atoms with E-state index in [1.54, 1.807) is 6.92 Å². The summed E-state index contributed by atoms with van der Waals surface area (Å²) in [5, 5.41) is 32.6. The quantitative estimate of drug-likeness (QED) is 0.122. The van der Waals surface area contributed by atoms with Gasteiger partial charge in [0.25, 0.3) is 0 Å². The van der Waals surface area contributed by atoms with Crippen LogP contribution in [0.25, 0.3) is 44.7 Å². The van der Waals surface area contributed by atoms with Gasteiger partial charge in [0.1, 0.15) is 22.9 Å². The molecule has 1 fully saturated rings. The van der Waals surface area contributed by atoms with E-state index in [9.17, 15) is 20.3 Å². The Morgan fingerprint density at radius 2 is 1.77 bits per heavy atom. The predicted molar refractivity (Wildman–Crippen MR) is 200 cm³/mol. The molecule has 1 aliphatic rings. The molecule has 3 aromatic heterocycles. The first-order chi connectivity index (χ1) is 25.1. The minimum atomic E-state index is -0.769. The van der Waals surface area contributed by atoms with Gasteiger partial charge >= 0.3 is 5.97 Å². The normalized spacial score (nSPS) is 15.3. The van der Waals surface area contributed by atoms with E-state index in [0.29, 0.717) is 65.8 Å². The summed E-state index contributed by atoms with van der Waals surface area (Å²) in [4.78, 5) is 32.5. The van der Waals surface area contributed by atoms with Crippen LogP contribution in [0.3, 0.4) is 0 Å². The van der Waals surface area contributed by atoms with Gasteiger partial charge in [0, 0.05) is 30.5 Å². The van der Waals surface area contributed by atoms with Crippen LogP contribution in [-0.2, 0) is 17.8 Å². The van der Waals surface area contributed by atoms with Crippen LogP contribution in [0.4, 0.5) is 11.5 Å². The van der Waals surface area contributed by atoms with Crippen LogP contribution >= 0.6 is 0 Å². The number of fused-ring (bicyclic) bond motifs is 2. The minimum absolute atomic E-state index is 0.323. The number of carboxylic acids is 1. The third-order valence-electron chi connectivity index (χ3n) is 9.93. The Hall–Kier alpha value is -5.70. The van der Waals surface area contributed by atoms with Gasteiger partial charge in [0.2, 0.25) is 5.89 Å². The van der Waals surface area contributed by atoms with Gasteiger partial charge in [0.05, 0.1) is 23.1 Å². The lowest BCUT2D eigenvalue weighted by atomic mass is 9.93. The molecule has 3 N–H and O–H groups in total. The summed E-state index contributed by atoms with van der Waals surface area (Å²) >= 11 is 0. The predicted octanol–water partition coefficient (Wildman–Crippen LogP) is 7.65. The molecule has 1 saturated heterocycles. The highest BCUT2D eigenvalue weighted by Crippen LogP contribution is 2.38. The first kappa shape index (κ1) is 34.7. The highest BCUT2D eigenvalue weighted by atomic mass is 16.4. The Balaban J connectivity index is 1.18. The van der Waals surface area contributed by atoms with E-state index >= 15 is 0 Å². The highest BCUT2D eigenvalue weighted by molar-refractivity contribution is 5.90. The van der Waals surface area contributed by atoms with E-state index in [1.165, 1.54) is 0 Å². The molecule has 0 unspecified atom stereocenters. The molecular weight excluding hydrogens is 654 g/mol. The van der Waals surface area contributed by atoms with Crippen LogP contribution in [-0.4, -0.2) is 60.2 Å². The zero-order chi connectivity index (χ0) is 36.5. The standard InChI is InChI=1S/C41H41N7O4/c1-23(49)8-5-9-27-17-35-37(43-20-27)39(45-26(4)44-35)46-34-13-7-11-32(25(34)3)31-10-6-12-33(24(31)2)40-47-36-18-28(16-30(19-42)38(36)52-40)21-48-15-14-29(22-48)41(50)51/h6-7,10-13,16-18,20,23,29,49H,5,8-9,14-15,21-22H2,1-4H3,(H,50,51)(H,44,45,46)/t23-,29+/m0/s1. The third kappa shape index (κ3) is 7.08. The van der Waals surface area contributed by atoms with E-state index in [-0.39, 0.29) is 12.0 Å². The summed E-state index contributed by atoms with van der Waals surface area (Å²) in [5.41, 5.74) is 10.7. The summed E-state index contributed by atoms with van der Waals surface area (Å²) in [5.74, 6) is 0.571. The summed E-state index contributed by atoms with van der Waals surface area (Å²) in [7, 11) is 0. The lowest BCUT2D eigenvalue weighted by molar-refractivity contribution is -0.141. The van der Waals surface area contributed by atoms with Gasteiger partial charge in [-0.15, -0.1) is 0 Å². The van der Waals surface area contributed by atoms with Crippen molar-refractivity contribution in [2.45, 2.75) is 66.0 Å². The van der Waals surface area contributed by atoms with E-state index in [1.807, 2.05) is 56.4 Å². The second-order valence-electron chi connectivity index (χ2n) is 13.8. The van der Waals surface area contributed by atoms with E-state index in [0.717, 1.165) is 69.4 Å². The maximum atomic E-state index is 11.5. The van der Waals surface area contributed by atoms with Gasteiger partial charge in [-0.05, 0) is 124 Å². The first-order valence-corrected chi connectivity index (χ1v) is 17.6. The molecule has 0 saturated carbocycles. The van der Waals surface area contributed by atoms with E-state index < -0.39 is 5.97 Å². The number of benzene rings is 3. The van der Waals surface area contributed by atoms with Gasteiger partial charge in [0.15, 0.2) is 11.4 Å². The molecule has 3 aromatic carbocycles. The number of hydrogen-bond acceptors (Lipinski definition) is 10. The number of nitrogens with zero attached hydrogens (tertiary/aromatic N) is 6. The average Bonchev–Trinajstić information content (AvgIpc) is 3.76. The Kier molecular flexibility index (Phi) is 9.69. The number of carbonyl (C=O) groups is 1. The van der Waals surface area contributed by atoms with Crippen molar-refractivity contribution in [3.05, 3.63) is 94.4 Å². The van der Waals surface area contributed by atoms with Crippen molar-refractivity contribution in [1.82, 2.24) is 24.8 Å². The number of hydrogen-bond donors (Lipinski definition) is 3. The van der Waals surface area contributed by atoms with Crippen molar-refractivity contribution >= 4 is 39.6 Å². The Labute approximate surface area is 302 Å². The van der Waals surface area contributed by atoms with Crippen LogP contribution in [0.15, 0.2) is 65.2 Å². The number of carboxylic acid groups (broad SMARTS) is 1. The number of aromatic nitrogens is 4. The number of oxazole rings is 1. The maximum Gasteiger partial charge on any atom is 0.307 e. The lowest BCUT2D eigenvalue weighted by Crippen LogP contribution is -2.22. The number of nitrogens with one attached hydrogen (secondary N) is 1. The summed E-state index contributed by atoms with van der Waals surface area (Å²) < 4.78 is 6.28. The number of aliphatic hydroxyl groups excluding tert-OH is 1. The fourth-order valence-corrected chi connectivity index (χ4v) is 7.17. The molecular formula is C41H41N7O4. The molecule has 0 bridgehead atoms. The summed E-state index contributed by atoms with van der Waals surface area (Å²) in [6.07, 6.45) is 4.59. The molecule has 0 amide bonds. The number of aryl methyl sites for hydroxylation is 2. The molecule has 0 spiro atoms. The van der Waals surface area contributed by atoms with Crippen molar-refractivity contribution in [2.24, 2.45) is 5.92 Å². The van der Waals surface area contributed by atoms with Crippen LogP contribution < -0.4 is 5.32 Å². The van der Waals surface area contributed by atoms with Crippen LogP contribution in [0, 0.1) is 38.0 Å². The van der Waals surface area contributed by atoms with Crippen molar-refractivity contribution in [2.75, 3.05) is 18.4 Å². The van der Waals surface area contributed by atoms with Crippen molar-refractivity contribution < 1.29 is 19.4 Å². The third-order valence-corrected chi connectivity index (χ3v) is 9.93. The highest BCUT2D eigenvalue weighted by Gasteiger charge is 2.28. The molecule has 2 atom stereocenters. The number of rotatable bonds is 11. The zero-order valence-corrected chi connectivity index (χ0v) is 29.8. The number of aliphatic carboxylic acids is 1. The molecule has 4 heterocycles. The fraction of sp³-hybridized carbons (Fsp3) is 0.317. The summed E-state index contributed by atoms with van der Waals surface area (Å²) in [6.45, 7) is 9.53. The molecule has 0 radical (unpaired) electrons. The molecule has 264 valence electrons. The second kappa shape index (κ2) is 14.5. The van der Waals surface area contributed by atoms with Crippen LogP contribution in [0.5, 0.6) is 0 Å². The van der Waals surface area contributed by atoms with Crippen LogP contribution in [0.1, 0.15) is 59.8 Å². The molecule has 1 aliphatic heterocycles. The maximum absolute atomic E-state index is 11.5. The van der Waals surface area contributed by atoms with Crippen molar-refractivity contribution in [1.29, 1.82) is 5.26 Å². The number of likely N-dealkylation sites (tertiary alicyclic amines) is 1. The first-order valence-electron chi connectivity index (χ1n) is 17.6. The Morgan fingerprint density at radius 1 is 1.02 bits per heavy atom. The van der Waals surface area contributed by atoms with E-state index in [4.69, 9.17) is 19.4 Å². The monoisotopic (exact) mass is 695 g/mol. The van der Waals surface area contributed by atoms with Crippen molar-refractivity contribution in [3.8, 4) is 28.7 Å². The second-order valence-corrected chi connectivity index (χ2v) is 13.8. The lowest BCUT2D eigenvalue weighted by Gasteiger charge is -2.17. The molecule has 11 heteroatoms. The van der Waals surface area contributed by atoms with Gasteiger partial charge in [-0.2, -0.15) is 5.26 Å². The molecule has 11 nitrogen and oxygen atoms in total. The van der Waals surface area contributed by atoms with Crippen molar-refractivity contribution in [3.63, 3.8) is 0 Å². The number of nitriles is 1. The Morgan fingerprint density at radius 3 is 2.52 bits per heavy atom. The van der Waals surface area contributed by atoms with Gasteiger partial charge in [-0.3, -0.25) is 14.7 Å². The molecule has 7 rings (SSSR count). The molecule has 0 aliphatic carbocycles. The SMILES string of the molecule is Cc1nc(Nc2cccc(-c3cccc(-c4nc5cc(CN6CC[C@@H](C(=O)O)C6)cc(C#N)c5o4)c3C)c2C)c2ncc(CCC[C@H](C)O)cc2n1. The van der Waals surface area contributed by atoms with Gasteiger partial charge in [-0.1, -0.05) is 24.3 Å². The number of anilines is 2. The minimum Gasteiger partial charge on any atom is -0.481 e. The van der Waals surface area contributed by atoms with Crippen LogP contribution in [0.2, 0.25) is 0 Å². The fourth-order valence-electron chi connectivity index (χ4n) is 7.17. The molecule has 52 heavy (non-hydrogen) atoms. The van der Waals surface area contributed by atoms with Gasteiger partial charge in [-0.25, -0.2) is 15.0 Å². The topological polar surface area (TPSA) is 161 Å². The average molecular weight is 696 g/mol. The zero-order valence-electron chi connectivity index (χ0n) is 29.8. The smallest absolute Gasteiger partial charge is 0.307 e. The number of aliphatic hydroxyl groups is 1. The molecule has 6 aromatic rings.